The molecule has 8 rings (SSSR count). The Bertz CT molecular complexity index is 2040. The quantitative estimate of drug-likeness (QED) is 0.277. The van der Waals surface area contributed by atoms with Gasteiger partial charge in [-0.3, -0.25) is 9.69 Å². The third-order valence-electron chi connectivity index (χ3n) is 12.7. The van der Waals surface area contributed by atoms with Crippen molar-refractivity contribution in [1.82, 2.24) is 24.8 Å². The Hall–Kier alpha value is -3.92. The zero-order chi connectivity index (χ0) is 39.1. The van der Waals surface area contributed by atoms with Gasteiger partial charge in [0.25, 0.3) is 0 Å². The number of methoxy groups -OCH3 is 1. The number of carbonyl (C=O) groups is 1. The lowest BCUT2D eigenvalue weighted by atomic mass is 9.85. The van der Waals surface area contributed by atoms with Crippen molar-refractivity contribution in [2.45, 2.75) is 81.5 Å². The maximum absolute atomic E-state index is 14.8. The number of sulfone groups is 1. The first-order chi connectivity index (χ1) is 27.0. The Labute approximate surface area is 329 Å². The summed E-state index contributed by atoms with van der Waals surface area (Å²) in [5.74, 6) is 1.85. The standard InChI is InChI=1S/C41H55FN8O5S/c1-5-39(51)50-13-6-7-33(50)30-19-34(49-22-27(23-49)36-25-47(15-18-56(36,52)53)28-10-16-55-17-11-28)31-21-44-38(20-29(31)40(30)26(2)3)45-37-8-12-43-41(46-37)48-14-9-35(54-4)32(42)24-48/h5,8,12,19-21,26-28,32-33,35-36H,1,6-7,9-11,13-18,22-25H2,2-4H3,(H,43,44,45,46)/t32-,33+,35+,36+/m0/s1. The average molecular weight is 791 g/mol. The Morgan fingerprint density at radius 2 is 1.82 bits per heavy atom. The van der Waals surface area contributed by atoms with Crippen LogP contribution < -0.4 is 15.1 Å². The van der Waals surface area contributed by atoms with Crippen LogP contribution in [0.1, 0.15) is 69.0 Å². The van der Waals surface area contributed by atoms with Crippen LogP contribution in [0.4, 0.5) is 27.7 Å². The number of amides is 1. The molecule has 13 nitrogen and oxygen atoms in total. The Balaban J connectivity index is 1.12. The number of carbonyl (C=O) groups excluding carboxylic acids is 1. The van der Waals surface area contributed by atoms with Crippen LogP contribution in [0.3, 0.4) is 0 Å². The van der Waals surface area contributed by atoms with E-state index in [2.05, 4.69) is 52.7 Å². The first kappa shape index (κ1) is 38.9. The number of aromatic nitrogens is 3. The molecule has 5 aliphatic rings. The normalized spacial score (nSPS) is 26.5. The van der Waals surface area contributed by atoms with E-state index in [1.165, 1.54) is 13.2 Å². The summed E-state index contributed by atoms with van der Waals surface area (Å²) in [5, 5.41) is 4.99. The molecule has 56 heavy (non-hydrogen) atoms. The number of piperidine rings is 1. The van der Waals surface area contributed by atoms with Gasteiger partial charge in [0.15, 0.2) is 9.84 Å². The van der Waals surface area contributed by atoms with Gasteiger partial charge in [-0.25, -0.2) is 22.8 Å². The fraction of sp³-hybridized carbons (Fsp3) is 0.610. The van der Waals surface area contributed by atoms with E-state index in [4.69, 9.17) is 19.4 Å². The molecular weight excluding hydrogens is 736 g/mol. The van der Waals surface area contributed by atoms with Crippen LogP contribution in [0.25, 0.3) is 10.8 Å². The SMILES string of the molecule is C=CC(=O)N1CCC[C@@H]1c1cc(N2CC([C@H]3CN(C4CCOCC4)CCS3(=O)=O)C2)c2cnc(Nc3ccnc(N4CC[C@@H](OC)[C@@H](F)C4)n3)cc2c1C(C)C. The van der Waals surface area contributed by atoms with Gasteiger partial charge in [0, 0.05) is 95.0 Å². The lowest BCUT2D eigenvalue weighted by Gasteiger charge is -2.49. The number of hydrogen-bond donors (Lipinski definition) is 1. The van der Waals surface area contributed by atoms with E-state index >= 15 is 0 Å². The minimum atomic E-state index is -3.23. The van der Waals surface area contributed by atoms with Gasteiger partial charge >= 0.3 is 0 Å². The molecule has 0 saturated carbocycles. The Kier molecular flexibility index (Phi) is 11.2. The highest BCUT2D eigenvalue weighted by Crippen LogP contribution is 2.45. The van der Waals surface area contributed by atoms with Crippen molar-refractivity contribution in [2.75, 3.05) is 87.0 Å². The molecular formula is C41H55FN8O5S. The Morgan fingerprint density at radius 3 is 2.55 bits per heavy atom. The van der Waals surface area contributed by atoms with E-state index in [1.54, 1.807) is 12.3 Å². The molecule has 5 aliphatic heterocycles. The second kappa shape index (κ2) is 16.1. The molecule has 0 aliphatic carbocycles. The zero-order valence-corrected chi connectivity index (χ0v) is 33.6. The predicted octanol–water partition coefficient (Wildman–Crippen LogP) is 5.02. The van der Waals surface area contributed by atoms with E-state index in [-0.39, 0.29) is 36.1 Å². The van der Waals surface area contributed by atoms with Gasteiger partial charge < -0.3 is 29.5 Å². The molecule has 15 heteroatoms. The van der Waals surface area contributed by atoms with Crippen LogP contribution in [0, 0.1) is 5.92 Å². The Morgan fingerprint density at radius 1 is 1.02 bits per heavy atom. The van der Waals surface area contributed by atoms with E-state index in [0.717, 1.165) is 66.5 Å². The highest BCUT2D eigenvalue weighted by molar-refractivity contribution is 7.92. The summed E-state index contributed by atoms with van der Waals surface area (Å²) < 4.78 is 52.8. The second-order valence-corrected chi connectivity index (χ2v) is 18.7. The van der Waals surface area contributed by atoms with E-state index in [1.807, 2.05) is 16.0 Å². The lowest BCUT2D eigenvalue weighted by molar-refractivity contribution is -0.126. The van der Waals surface area contributed by atoms with Gasteiger partial charge in [0.2, 0.25) is 11.9 Å². The largest absolute Gasteiger partial charge is 0.381 e. The fourth-order valence-corrected chi connectivity index (χ4v) is 11.7. The molecule has 7 heterocycles. The summed E-state index contributed by atoms with van der Waals surface area (Å²) >= 11 is 0. The molecule has 302 valence electrons. The monoisotopic (exact) mass is 790 g/mol. The van der Waals surface area contributed by atoms with Crippen molar-refractivity contribution in [3.05, 3.63) is 54.4 Å². The number of pyridine rings is 1. The minimum Gasteiger partial charge on any atom is -0.381 e. The van der Waals surface area contributed by atoms with Crippen LogP contribution in [0.5, 0.6) is 0 Å². The first-order valence-corrected chi connectivity index (χ1v) is 22.0. The molecule has 1 N–H and O–H groups in total. The molecule has 0 radical (unpaired) electrons. The highest BCUT2D eigenvalue weighted by atomic mass is 32.2. The third kappa shape index (κ3) is 7.59. The molecule has 0 unspecified atom stereocenters. The maximum Gasteiger partial charge on any atom is 0.246 e. The zero-order valence-electron chi connectivity index (χ0n) is 32.8. The number of rotatable bonds is 10. The minimum absolute atomic E-state index is 0.0186. The second-order valence-electron chi connectivity index (χ2n) is 16.4. The maximum atomic E-state index is 14.8. The topological polar surface area (TPSA) is 133 Å². The van der Waals surface area contributed by atoms with Crippen LogP contribution in [-0.2, 0) is 24.1 Å². The summed E-state index contributed by atoms with van der Waals surface area (Å²) in [4.78, 5) is 35.7. The third-order valence-corrected chi connectivity index (χ3v) is 14.9. The molecule has 0 spiro atoms. The summed E-state index contributed by atoms with van der Waals surface area (Å²) in [5.41, 5.74) is 3.27. The number of ether oxygens (including phenoxy) is 2. The van der Waals surface area contributed by atoms with Gasteiger partial charge in [0.05, 0.1) is 29.7 Å². The van der Waals surface area contributed by atoms with Gasteiger partial charge in [-0.1, -0.05) is 20.4 Å². The number of alkyl halides is 1. The van der Waals surface area contributed by atoms with Crippen molar-refractivity contribution in [3.8, 4) is 0 Å². The van der Waals surface area contributed by atoms with Crippen LogP contribution in [0.15, 0.2) is 43.2 Å². The molecule has 1 amide bonds. The predicted molar refractivity (Wildman–Crippen MR) is 216 cm³/mol. The number of anilines is 4. The number of likely N-dealkylation sites (tertiary alicyclic amines) is 1. The summed E-state index contributed by atoms with van der Waals surface area (Å²) in [6.07, 6.45) is 7.58. The van der Waals surface area contributed by atoms with Crippen molar-refractivity contribution in [3.63, 3.8) is 0 Å². The van der Waals surface area contributed by atoms with Crippen molar-refractivity contribution in [2.24, 2.45) is 5.92 Å². The summed E-state index contributed by atoms with van der Waals surface area (Å²) in [6.45, 7) is 13.5. The smallest absolute Gasteiger partial charge is 0.246 e. The number of benzene rings is 1. The fourth-order valence-electron chi connectivity index (χ4n) is 9.69. The summed E-state index contributed by atoms with van der Waals surface area (Å²) in [7, 11) is -1.69. The van der Waals surface area contributed by atoms with Crippen molar-refractivity contribution in [1.29, 1.82) is 0 Å². The van der Waals surface area contributed by atoms with Crippen molar-refractivity contribution < 1.29 is 27.1 Å². The first-order valence-electron chi connectivity index (χ1n) is 20.2. The number of hydrogen-bond acceptors (Lipinski definition) is 12. The average Bonchev–Trinajstić information content (AvgIpc) is 3.68. The van der Waals surface area contributed by atoms with Crippen LogP contribution in [0.2, 0.25) is 0 Å². The molecule has 1 aromatic carbocycles. The number of halogens is 1. The number of nitrogens with zero attached hydrogens (tertiary/aromatic N) is 7. The van der Waals surface area contributed by atoms with Gasteiger partial charge in [-0.2, -0.15) is 4.98 Å². The number of fused-ring (bicyclic) bond motifs is 1. The molecule has 0 bridgehead atoms. The molecule has 5 saturated heterocycles. The van der Waals surface area contributed by atoms with Gasteiger partial charge in [0.1, 0.15) is 17.8 Å². The molecule has 5 fully saturated rings. The van der Waals surface area contributed by atoms with E-state index in [9.17, 15) is 17.6 Å². The number of nitrogens with one attached hydrogen (secondary N) is 1. The highest BCUT2D eigenvalue weighted by Gasteiger charge is 2.46. The molecule has 4 atom stereocenters. The van der Waals surface area contributed by atoms with Crippen LogP contribution >= 0.6 is 0 Å². The molecule has 3 aromatic rings. The lowest BCUT2D eigenvalue weighted by Crippen LogP contribution is -2.61. The van der Waals surface area contributed by atoms with Crippen molar-refractivity contribution >= 4 is 49.8 Å². The van der Waals surface area contributed by atoms with Gasteiger partial charge in [-0.15, -0.1) is 0 Å². The van der Waals surface area contributed by atoms with E-state index < -0.39 is 27.4 Å². The van der Waals surface area contributed by atoms with Crippen LogP contribution in [-0.4, -0.2) is 135 Å². The van der Waals surface area contributed by atoms with E-state index in [0.29, 0.717) is 69.3 Å². The van der Waals surface area contributed by atoms with Gasteiger partial charge in [-0.05, 0) is 78.8 Å². The molecule has 2 aromatic heterocycles. The summed E-state index contributed by atoms with van der Waals surface area (Å²) in [6, 6.07) is 6.34.